The molecule has 8 nitrogen and oxygen atoms in total. The quantitative estimate of drug-likeness (QED) is 0.267. The van der Waals surface area contributed by atoms with E-state index in [1.54, 1.807) is 61.4 Å². The summed E-state index contributed by atoms with van der Waals surface area (Å²) >= 11 is 0. The van der Waals surface area contributed by atoms with Gasteiger partial charge in [0.05, 0.1) is 12.0 Å². The molecule has 0 heterocycles. The third-order valence-corrected chi connectivity index (χ3v) is 8.10. The molecule has 4 aromatic carbocycles. The molecule has 0 bridgehead atoms. The Hall–Kier alpha value is -4.63. The number of ether oxygens (including phenoxy) is 1. The molecule has 1 atom stereocenters. The first-order valence-corrected chi connectivity index (χ1v) is 14.7. The standard InChI is InChI=1S/C32H33N3O5S/c1-24-11-9-10-16-30(24)41(38,39)34-32(37)33-29(23-26-14-7-4-8-15-26)31(36)35(22-21-25-12-5-3-6-13-25)27-17-19-28(40-2)20-18-27/h3-20,29H,21-23H2,1-2H3,(H2,33,34,37). The highest BCUT2D eigenvalue weighted by Crippen LogP contribution is 2.22. The van der Waals surface area contributed by atoms with Gasteiger partial charge in [-0.3, -0.25) is 4.79 Å². The Morgan fingerprint density at radius 3 is 2.00 bits per heavy atom. The van der Waals surface area contributed by atoms with Crippen molar-refractivity contribution in [3.05, 3.63) is 126 Å². The van der Waals surface area contributed by atoms with Crippen molar-refractivity contribution < 1.29 is 22.7 Å². The molecule has 212 valence electrons. The maximum absolute atomic E-state index is 14.2. The molecule has 0 aliphatic heterocycles. The van der Waals surface area contributed by atoms with Gasteiger partial charge in [-0.25, -0.2) is 17.9 Å². The smallest absolute Gasteiger partial charge is 0.329 e. The first-order valence-electron chi connectivity index (χ1n) is 13.2. The Morgan fingerprint density at radius 1 is 0.805 bits per heavy atom. The van der Waals surface area contributed by atoms with Crippen molar-refractivity contribution in [2.24, 2.45) is 0 Å². The summed E-state index contributed by atoms with van der Waals surface area (Å²) in [6, 6.07) is 30.5. The van der Waals surface area contributed by atoms with Gasteiger partial charge in [0.15, 0.2) is 0 Å². The second-order valence-corrected chi connectivity index (χ2v) is 11.2. The van der Waals surface area contributed by atoms with Gasteiger partial charge in [-0.1, -0.05) is 78.9 Å². The highest BCUT2D eigenvalue weighted by molar-refractivity contribution is 7.90. The van der Waals surface area contributed by atoms with Gasteiger partial charge in [-0.05, 0) is 60.4 Å². The fourth-order valence-corrected chi connectivity index (χ4v) is 5.64. The first kappa shape index (κ1) is 29.4. The predicted octanol–water partition coefficient (Wildman–Crippen LogP) is 4.88. The van der Waals surface area contributed by atoms with E-state index in [0.717, 1.165) is 11.1 Å². The summed E-state index contributed by atoms with van der Waals surface area (Å²) in [5.41, 5.74) is 2.98. The number of hydrogen-bond acceptors (Lipinski definition) is 5. The number of anilines is 1. The predicted molar refractivity (Wildman–Crippen MR) is 159 cm³/mol. The summed E-state index contributed by atoms with van der Waals surface area (Å²) in [6.45, 7) is 1.99. The molecule has 0 fully saturated rings. The number of benzene rings is 4. The van der Waals surface area contributed by atoms with Crippen LogP contribution in [0.2, 0.25) is 0 Å². The van der Waals surface area contributed by atoms with Crippen LogP contribution < -0.4 is 19.7 Å². The zero-order valence-corrected chi connectivity index (χ0v) is 23.8. The number of nitrogens with one attached hydrogen (secondary N) is 2. The van der Waals surface area contributed by atoms with E-state index in [4.69, 9.17) is 4.74 Å². The fraction of sp³-hybridized carbons (Fsp3) is 0.188. The van der Waals surface area contributed by atoms with Crippen LogP contribution in [0.1, 0.15) is 16.7 Å². The molecule has 4 aromatic rings. The van der Waals surface area contributed by atoms with Crippen LogP contribution >= 0.6 is 0 Å². The van der Waals surface area contributed by atoms with Crippen LogP contribution in [0.25, 0.3) is 0 Å². The molecule has 0 aliphatic rings. The second kappa shape index (κ2) is 13.6. The summed E-state index contributed by atoms with van der Waals surface area (Å²) in [7, 11) is -2.60. The summed E-state index contributed by atoms with van der Waals surface area (Å²) in [6.07, 6.45) is 0.736. The van der Waals surface area contributed by atoms with E-state index < -0.39 is 22.1 Å². The number of sulfonamides is 1. The minimum atomic E-state index is -4.16. The minimum Gasteiger partial charge on any atom is -0.497 e. The van der Waals surface area contributed by atoms with E-state index in [0.29, 0.717) is 30.0 Å². The van der Waals surface area contributed by atoms with Crippen molar-refractivity contribution in [1.82, 2.24) is 10.0 Å². The maximum atomic E-state index is 14.2. The topological polar surface area (TPSA) is 105 Å². The van der Waals surface area contributed by atoms with Crippen molar-refractivity contribution in [3.63, 3.8) is 0 Å². The van der Waals surface area contributed by atoms with Crippen LogP contribution in [0.15, 0.2) is 114 Å². The molecule has 2 N–H and O–H groups in total. The molecule has 0 aliphatic carbocycles. The zero-order chi connectivity index (χ0) is 29.2. The van der Waals surface area contributed by atoms with Gasteiger partial charge in [-0.2, -0.15) is 0 Å². The van der Waals surface area contributed by atoms with Gasteiger partial charge in [0.25, 0.3) is 10.0 Å². The average molecular weight is 572 g/mol. The third-order valence-electron chi connectivity index (χ3n) is 6.61. The van der Waals surface area contributed by atoms with Gasteiger partial charge in [0.1, 0.15) is 11.8 Å². The molecular weight excluding hydrogens is 538 g/mol. The Morgan fingerprint density at radius 2 is 1.39 bits per heavy atom. The van der Waals surface area contributed by atoms with Crippen molar-refractivity contribution >= 4 is 27.6 Å². The number of amides is 3. The van der Waals surface area contributed by atoms with Crippen LogP contribution in [-0.2, 0) is 27.7 Å². The van der Waals surface area contributed by atoms with Gasteiger partial charge in [0, 0.05) is 18.7 Å². The summed E-state index contributed by atoms with van der Waals surface area (Å²) in [5, 5.41) is 2.64. The molecule has 1 unspecified atom stereocenters. The summed E-state index contributed by atoms with van der Waals surface area (Å²) in [4.78, 5) is 28.8. The van der Waals surface area contributed by atoms with Gasteiger partial charge in [0.2, 0.25) is 5.91 Å². The van der Waals surface area contributed by atoms with Crippen LogP contribution in [0, 0.1) is 6.92 Å². The molecule has 9 heteroatoms. The highest BCUT2D eigenvalue weighted by Gasteiger charge is 2.29. The van der Waals surface area contributed by atoms with E-state index >= 15 is 0 Å². The van der Waals surface area contributed by atoms with Crippen LogP contribution in [-0.4, -0.2) is 40.1 Å². The lowest BCUT2D eigenvalue weighted by Gasteiger charge is -2.28. The Balaban J connectivity index is 1.62. The molecule has 41 heavy (non-hydrogen) atoms. The maximum Gasteiger partial charge on any atom is 0.329 e. The molecule has 4 rings (SSSR count). The van der Waals surface area contributed by atoms with Gasteiger partial charge in [-0.15, -0.1) is 0 Å². The number of carbonyl (C=O) groups excluding carboxylic acids is 2. The molecule has 0 radical (unpaired) electrons. The minimum absolute atomic E-state index is 0.0104. The third kappa shape index (κ3) is 7.95. The van der Waals surface area contributed by atoms with E-state index in [-0.39, 0.29) is 17.2 Å². The molecular formula is C32H33N3O5S. The lowest BCUT2D eigenvalue weighted by Crippen LogP contribution is -2.53. The highest BCUT2D eigenvalue weighted by atomic mass is 32.2. The monoisotopic (exact) mass is 571 g/mol. The molecule has 0 saturated carbocycles. The lowest BCUT2D eigenvalue weighted by molar-refractivity contribution is -0.120. The lowest BCUT2D eigenvalue weighted by atomic mass is 10.0. The average Bonchev–Trinajstić information content (AvgIpc) is 2.98. The number of nitrogens with zero attached hydrogens (tertiary/aromatic N) is 1. The van der Waals surface area contributed by atoms with Crippen molar-refractivity contribution in [2.45, 2.75) is 30.7 Å². The van der Waals surface area contributed by atoms with Crippen LogP contribution in [0.4, 0.5) is 10.5 Å². The van der Waals surface area contributed by atoms with E-state index in [2.05, 4.69) is 10.0 Å². The second-order valence-electron chi connectivity index (χ2n) is 9.51. The molecule has 3 amide bonds. The number of methoxy groups -OCH3 is 1. The SMILES string of the molecule is COc1ccc(N(CCc2ccccc2)C(=O)C(Cc2ccccc2)NC(=O)NS(=O)(=O)c2ccccc2C)cc1. The van der Waals surface area contributed by atoms with Crippen molar-refractivity contribution in [3.8, 4) is 5.75 Å². The number of hydrogen-bond donors (Lipinski definition) is 2. The Bertz CT molecular complexity index is 1560. The van der Waals surface area contributed by atoms with Crippen LogP contribution in [0.3, 0.4) is 0 Å². The molecule has 0 spiro atoms. The van der Waals surface area contributed by atoms with E-state index in [1.807, 2.05) is 60.7 Å². The van der Waals surface area contributed by atoms with Crippen molar-refractivity contribution in [1.29, 1.82) is 0 Å². The number of carbonyl (C=O) groups is 2. The van der Waals surface area contributed by atoms with Gasteiger partial charge >= 0.3 is 6.03 Å². The fourth-order valence-electron chi connectivity index (χ4n) is 4.47. The Kier molecular flexibility index (Phi) is 9.76. The molecule has 0 saturated heterocycles. The number of urea groups is 1. The summed E-state index contributed by atoms with van der Waals surface area (Å²) < 4.78 is 33.3. The largest absolute Gasteiger partial charge is 0.497 e. The first-order chi connectivity index (χ1) is 19.8. The van der Waals surface area contributed by atoms with Crippen LogP contribution in [0.5, 0.6) is 5.75 Å². The normalized spacial score (nSPS) is 11.8. The Labute approximate surface area is 241 Å². The number of aryl methyl sites for hydroxylation is 1. The zero-order valence-electron chi connectivity index (χ0n) is 23.0. The van der Waals surface area contributed by atoms with E-state index in [9.17, 15) is 18.0 Å². The van der Waals surface area contributed by atoms with Crippen molar-refractivity contribution in [2.75, 3.05) is 18.6 Å². The molecule has 0 aromatic heterocycles. The van der Waals surface area contributed by atoms with E-state index in [1.165, 1.54) is 6.07 Å². The van der Waals surface area contributed by atoms with Gasteiger partial charge < -0.3 is 15.0 Å². The number of rotatable bonds is 11. The summed E-state index contributed by atoms with van der Waals surface area (Å²) in [5.74, 6) is 0.266.